The summed E-state index contributed by atoms with van der Waals surface area (Å²) in [6.45, 7) is 2.21. The Morgan fingerprint density at radius 3 is 3.29 bits per heavy atom. The van der Waals surface area contributed by atoms with E-state index in [1.807, 2.05) is 12.1 Å². The summed E-state index contributed by atoms with van der Waals surface area (Å²) in [4.78, 5) is 10.8. The quantitative estimate of drug-likeness (QED) is 0.854. The lowest BCUT2D eigenvalue weighted by molar-refractivity contribution is 0.259. The van der Waals surface area contributed by atoms with Gasteiger partial charge in [0.25, 0.3) is 6.01 Å². The van der Waals surface area contributed by atoms with Gasteiger partial charge in [0, 0.05) is 18.8 Å². The number of pyridine rings is 1. The van der Waals surface area contributed by atoms with Gasteiger partial charge in [0.2, 0.25) is 5.65 Å². The number of hydrogen-bond acceptors (Lipinski definition) is 5. The second-order valence-corrected chi connectivity index (χ2v) is 4.59. The van der Waals surface area contributed by atoms with Crippen molar-refractivity contribution in [2.24, 2.45) is 0 Å². The zero-order valence-corrected chi connectivity index (χ0v) is 9.89. The molecule has 3 heterocycles. The second-order valence-electron chi connectivity index (χ2n) is 4.59. The van der Waals surface area contributed by atoms with Gasteiger partial charge in [-0.2, -0.15) is 4.98 Å². The van der Waals surface area contributed by atoms with Gasteiger partial charge >= 0.3 is 0 Å². The minimum Gasteiger partial charge on any atom is -0.422 e. The number of piperidine rings is 1. The van der Waals surface area contributed by atoms with E-state index in [1.165, 1.54) is 13.0 Å². The van der Waals surface area contributed by atoms with Crippen LogP contribution >= 0.6 is 0 Å². The molecule has 1 saturated heterocycles. The summed E-state index contributed by atoms with van der Waals surface area (Å²) in [6, 6.07) is 4.74. The molecule has 0 spiro atoms. The highest BCUT2D eigenvalue weighted by atomic mass is 16.4. The van der Waals surface area contributed by atoms with Crippen molar-refractivity contribution in [3.05, 3.63) is 18.3 Å². The fourth-order valence-electron chi connectivity index (χ4n) is 2.29. The molecule has 5 nitrogen and oxygen atoms in total. The number of fused-ring (bicyclic) bond motifs is 1. The Balaban J connectivity index is 1.75. The van der Waals surface area contributed by atoms with E-state index in [-0.39, 0.29) is 0 Å². The van der Waals surface area contributed by atoms with Crippen molar-refractivity contribution in [3.8, 4) is 0 Å². The minimum absolute atomic E-state index is 0.418. The van der Waals surface area contributed by atoms with Crippen molar-refractivity contribution < 1.29 is 4.42 Å². The molecule has 0 aliphatic carbocycles. The lowest BCUT2D eigenvalue weighted by Gasteiger charge is -2.29. The first-order chi connectivity index (χ1) is 8.31. The average Bonchev–Trinajstić information content (AvgIpc) is 2.71. The molecule has 5 heteroatoms. The Kier molecular flexibility index (Phi) is 2.68. The predicted octanol–water partition coefficient (Wildman–Crippen LogP) is 1.73. The van der Waals surface area contributed by atoms with Gasteiger partial charge in [0.05, 0.1) is 0 Å². The third-order valence-electron chi connectivity index (χ3n) is 3.12. The Labute approximate surface area is 99.8 Å². The van der Waals surface area contributed by atoms with Crippen molar-refractivity contribution >= 4 is 17.2 Å². The summed E-state index contributed by atoms with van der Waals surface area (Å²) in [7, 11) is 2.14. The molecular weight excluding hydrogens is 216 g/mol. The summed E-state index contributed by atoms with van der Waals surface area (Å²) in [5, 5.41) is 3.34. The molecule has 0 saturated carbocycles. The van der Waals surface area contributed by atoms with Crippen LogP contribution in [0.5, 0.6) is 0 Å². The van der Waals surface area contributed by atoms with Crippen LogP contribution in [-0.4, -0.2) is 41.0 Å². The fourth-order valence-corrected chi connectivity index (χ4v) is 2.29. The van der Waals surface area contributed by atoms with Crippen molar-refractivity contribution in [1.29, 1.82) is 0 Å². The van der Waals surface area contributed by atoms with Gasteiger partial charge in [-0.1, -0.05) is 0 Å². The van der Waals surface area contributed by atoms with Crippen LogP contribution in [0.4, 0.5) is 6.01 Å². The normalized spacial score (nSPS) is 21.8. The molecule has 3 rings (SSSR count). The van der Waals surface area contributed by atoms with Crippen molar-refractivity contribution in [1.82, 2.24) is 14.9 Å². The first-order valence-corrected chi connectivity index (χ1v) is 5.98. The molecule has 0 radical (unpaired) electrons. The van der Waals surface area contributed by atoms with E-state index in [0.717, 1.165) is 18.5 Å². The maximum atomic E-state index is 5.60. The molecule has 1 N–H and O–H groups in total. The van der Waals surface area contributed by atoms with E-state index >= 15 is 0 Å². The molecule has 2 aromatic heterocycles. The number of nitrogens with zero attached hydrogens (tertiary/aromatic N) is 3. The van der Waals surface area contributed by atoms with Crippen molar-refractivity contribution in [2.75, 3.05) is 25.5 Å². The molecule has 1 fully saturated rings. The van der Waals surface area contributed by atoms with Gasteiger partial charge < -0.3 is 14.6 Å². The van der Waals surface area contributed by atoms with Gasteiger partial charge in [-0.3, -0.25) is 0 Å². The number of nitrogens with one attached hydrogen (secondary N) is 1. The summed E-state index contributed by atoms with van der Waals surface area (Å²) in [5.74, 6) is 0. The first kappa shape index (κ1) is 10.5. The van der Waals surface area contributed by atoms with Gasteiger partial charge in [-0.15, -0.1) is 0 Å². The molecule has 0 aromatic carbocycles. The van der Waals surface area contributed by atoms with Crippen LogP contribution in [0.15, 0.2) is 22.7 Å². The van der Waals surface area contributed by atoms with Crippen LogP contribution in [0.3, 0.4) is 0 Å². The van der Waals surface area contributed by atoms with Gasteiger partial charge in [-0.25, -0.2) is 4.98 Å². The minimum atomic E-state index is 0.418. The Bertz CT molecular complexity index is 477. The number of likely N-dealkylation sites (N-methyl/N-ethyl adjacent to an activating group) is 1. The Hall–Kier alpha value is -1.62. The highest BCUT2D eigenvalue weighted by molar-refractivity contribution is 5.69. The van der Waals surface area contributed by atoms with Crippen LogP contribution in [0.25, 0.3) is 11.2 Å². The number of aromatic nitrogens is 2. The van der Waals surface area contributed by atoms with E-state index in [4.69, 9.17) is 4.42 Å². The molecule has 1 aliphatic rings. The zero-order valence-electron chi connectivity index (χ0n) is 9.89. The lowest BCUT2D eigenvalue weighted by Crippen LogP contribution is -2.39. The highest BCUT2D eigenvalue weighted by Crippen LogP contribution is 2.19. The smallest absolute Gasteiger partial charge is 0.297 e. The molecule has 1 atom stereocenters. The summed E-state index contributed by atoms with van der Waals surface area (Å²) in [5.41, 5.74) is 1.40. The van der Waals surface area contributed by atoms with Crippen LogP contribution in [-0.2, 0) is 0 Å². The number of likely N-dealkylation sites (tertiary alicyclic amines) is 1. The van der Waals surface area contributed by atoms with Gasteiger partial charge in [0.1, 0.15) is 0 Å². The van der Waals surface area contributed by atoms with E-state index in [1.54, 1.807) is 6.20 Å². The molecule has 0 bridgehead atoms. The third kappa shape index (κ3) is 2.24. The van der Waals surface area contributed by atoms with Crippen LogP contribution in [0, 0.1) is 0 Å². The number of rotatable bonds is 2. The Morgan fingerprint density at radius 1 is 1.53 bits per heavy atom. The van der Waals surface area contributed by atoms with Gasteiger partial charge in [-0.05, 0) is 38.6 Å². The molecule has 0 unspecified atom stereocenters. The topological polar surface area (TPSA) is 54.2 Å². The Morgan fingerprint density at radius 2 is 2.47 bits per heavy atom. The lowest BCUT2D eigenvalue weighted by atomic mass is 10.1. The highest BCUT2D eigenvalue weighted by Gasteiger charge is 2.18. The molecule has 1 aliphatic heterocycles. The molecule has 17 heavy (non-hydrogen) atoms. The number of hydrogen-bond donors (Lipinski definition) is 1. The van der Waals surface area contributed by atoms with E-state index in [2.05, 4.69) is 27.2 Å². The average molecular weight is 232 g/mol. The van der Waals surface area contributed by atoms with Crippen LogP contribution in [0.2, 0.25) is 0 Å². The largest absolute Gasteiger partial charge is 0.422 e. The SMILES string of the molecule is CN1CCC[C@@H](Nc2nc3ncccc3o2)C1. The maximum Gasteiger partial charge on any atom is 0.297 e. The molecular formula is C12H16N4O. The summed E-state index contributed by atoms with van der Waals surface area (Å²) in [6.07, 6.45) is 4.10. The zero-order chi connectivity index (χ0) is 11.7. The molecule has 90 valence electrons. The van der Waals surface area contributed by atoms with E-state index in [9.17, 15) is 0 Å². The first-order valence-electron chi connectivity index (χ1n) is 5.98. The number of oxazole rings is 1. The maximum absolute atomic E-state index is 5.60. The third-order valence-corrected chi connectivity index (χ3v) is 3.12. The van der Waals surface area contributed by atoms with Gasteiger partial charge in [0.15, 0.2) is 5.58 Å². The predicted molar refractivity (Wildman–Crippen MR) is 65.9 cm³/mol. The fraction of sp³-hybridized carbons (Fsp3) is 0.500. The summed E-state index contributed by atoms with van der Waals surface area (Å²) < 4.78 is 5.60. The molecule has 0 amide bonds. The van der Waals surface area contributed by atoms with Crippen LogP contribution in [0.1, 0.15) is 12.8 Å². The molecule has 2 aromatic rings. The summed E-state index contributed by atoms with van der Waals surface area (Å²) >= 11 is 0. The van der Waals surface area contributed by atoms with Crippen molar-refractivity contribution in [2.45, 2.75) is 18.9 Å². The van der Waals surface area contributed by atoms with Crippen LogP contribution < -0.4 is 5.32 Å². The van der Waals surface area contributed by atoms with E-state index < -0.39 is 0 Å². The standard InChI is InChI=1S/C12H16N4O/c1-16-7-3-4-9(8-16)14-12-15-11-10(17-12)5-2-6-13-11/h2,5-6,9H,3-4,7-8H2,1H3,(H,13,14,15)/t9-/m1/s1. The van der Waals surface area contributed by atoms with Crippen molar-refractivity contribution in [3.63, 3.8) is 0 Å². The number of anilines is 1. The van der Waals surface area contributed by atoms with E-state index in [0.29, 0.717) is 17.7 Å². The second kappa shape index (κ2) is 4.33. The monoisotopic (exact) mass is 232 g/mol.